The first-order valence-electron chi connectivity index (χ1n) is 7.10. The summed E-state index contributed by atoms with van der Waals surface area (Å²) in [5, 5.41) is 17.1. The van der Waals surface area contributed by atoms with Crippen LogP contribution in [0.5, 0.6) is 0 Å². The number of likely N-dealkylation sites (tertiary alicyclic amines) is 1. The third-order valence-corrected chi connectivity index (χ3v) is 4.24. The van der Waals surface area contributed by atoms with E-state index in [1.165, 1.54) is 6.07 Å². The van der Waals surface area contributed by atoms with Gasteiger partial charge < -0.3 is 15.5 Å². The van der Waals surface area contributed by atoms with Crippen LogP contribution in [0.1, 0.15) is 18.4 Å². The van der Waals surface area contributed by atoms with E-state index in [0.717, 1.165) is 19.4 Å². The Bertz CT molecular complexity index is 602. The number of amides is 1. The summed E-state index contributed by atoms with van der Waals surface area (Å²) in [7, 11) is 2.07. The van der Waals surface area contributed by atoms with Crippen molar-refractivity contribution in [3.63, 3.8) is 0 Å². The Morgan fingerprint density at radius 1 is 1.52 bits per heavy atom. The van der Waals surface area contributed by atoms with Crippen molar-refractivity contribution in [1.82, 2.24) is 4.90 Å². The Hall–Kier alpha value is -2.15. The zero-order chi connectivity index (χ0) is 15.0. The van der Waals surface area contributed by atoms with Gasteiger partial charge in [0.1, 0.15) is 5.69 Å². The average Bonchev–Trinajstić information content (AvgIpc) is 2.99. The molecule has 1 amide bonds. The summed E-state index contributed by atoms with van der Waals surface area (Å²) in [4.78, 5) is 24.5. The predicted molar refractivity (Wildman–Crippen MR) is 79.6 cm³/mol. The molecule has 0 radical (unpaired) electrons. The van der Waals surface area contributed by atoms with Gasteiger partial charge in [-0.15, -0.1) is 0 Å². The summed E-state index contributed by atoms with van der Waals surface area (Å²) in [6, 6.07) is 3.56. The number of benzene rings is 1. The highest BCUT2D eigenvalue weighted by atomic mass is 16.6. The molecule has 21 heavy (non-hydrogen) atoms. The zero-order valence-corrected chi connectivity index (χ0v) is 11.9. The van der Waals surface area contributed by atoms with Gasteiger partial charge in [-0.2, -0.15) is 0 Å². The van der Waals surface area contributed by atoms with Crippen LogP contribution in [0.4, 0.5) is 17.1 Å². The van der Waals surface area contributed by atoms with E-state index in [1.807, 2.05) is 0 Å². The first-order valence-corrected chi connectivity index (χ1v) is 7.10. The number of hydrogen-bond acceptors (Lipinski definition) is 5. The van der Waals surface area contributed by atoms with Crippen molar-refractivity contribution in [2.45, 2.75) is 25.3 Å². The van der Waals surface area contributed by atoms with Crippen LogP contribution < -0.4 is 10.6 Å². The molecule has 7 heteroatoms. The van der Waals surface area contributed by atoms with Crippen molar-refractivity contribution in [3.8, 4) is 0 Å². The van der Waals surface area contributed by atoms with Crippen molar-refractivity contribution in [2.75, 3.05) is 30.8 Å². The van der Waals surface area contributed by atoms with Gasteiger partial charge in [-0.05, 0) is 38.1 Å². The van der Waals surface area contributed by atoms with E-state index >= 15 is 0 Å². The van der Waals surface area contributed by atoms with Crippen LogP contribution in [-0.2, 0) is 11.2 Å². The summed E-state index contributed by atoms with van der Waals surface area (Å²) in [6.07, 6.45) is 2.46. The highest BCUT2D eigenvalue weighted by molar-refractivity contribution is 6.00. The molecule has 2 N–H and O–H groups in total. The highest BCUT2D eigenvalue weighted by Gasteiger charge is 2.26. The van der Waals surface area contributed by atoms with Gasteiger partial charge in [0.2, 0.25) is 5.91 Å². The molecule has 3 rings (SSSR count). The molecule has 0 spiro atoms. The lowest BCUT2D eigenvalue weighted by molar-refractivity contribution is -0.384. The Labute approximate surface area is 122 Å². The molecule has 7 nitrogen and oxygen atoms in total. The molecule has 2 aliphatic rings. The van der Waals surface area contributed by atoms with E-state index < -0.39 is 4.92 Å². The van der Waals surface area contributed by atoms with Crippen molar-refractivity contribution in [1.29, 1.82) is 0 Å². The quantitative estimate of drug-likeness (QED) is 0.649. The van der Waals surface area contributed by atoms with Gasteiger partial charge in [-0.1, -0.05) is 0 Å². The van der Waals surface area contributed by atoms with Crippen molar-refractivity contribution < 1.29 is 9.72 Å². The number of fused-ring (bicyclic) bond motifs is 1. The van der Waals surface area contributed by atoms with Crippen LogP contribution in [-0.4, -0.2) is 41.9 Å². The lowest BCUT2D eigenvalue weighted by atomic mass is 10.1. The largest absolute Gasteiger partial charge is 0.378 e. The van der Waals surface area contributed by atoms with Crippen LogP contribution in [0.15, 0.2) is 12.1 Å². The molecule has 0 aliphatic carbocycles. The third kappa shape index (κ3) is 2.69. The summed E-state index contributed by atoms with van der Waals surface area (Å²) in [5.41, 5.74) is 1.87. The van der Waals surface area contributed by atoms with E-state index in [9.17, 15) is 14.9 Å². The molecule has 2 aliphatic heterocycles. The predicted octanol–water partition coefficient (Wildman–Crippen LogP) is 1.60. The number of nitro benzene ring substituents is 1. The standard InChI is InChI=1S/C14H18N4O3/c1-17-4-2-3-10(17)8-15-12-7-11-9(6-14(19)16-11)5-13(12)18(20)21/h5,7,10,15H,2-4,6,8H2,1H3,(H,16,19). The Balaban J connectivity index is 1.81. The molecule has 1 saturated heterocycles. The van der Waals surface area contributed by atoms with E-state index in [4.69, 9.17) is 0 Å². The van der Waals surface area contributed by atoms with Gasteiger partial charge in [-0.3, -0.25) is 14.9 Å². The number of nitro groups is 1. The number of anilines is 2. The molecule has 0 bridgehead atoms. The zero-order valence-electron chi connectivity index (χ0n) is 11.9. The number of hydrogen-bond donors (Lipinski definition) is 2. The van der Waals surface area contributed by atoms with E-state index in [2.05, 4.69) is 22.6 Å². The number of nitrogens with zero attached hydrogens (tertiary/aromatic N) is 2. The van der Waals surface area contributed by atoms with E-state index in [1.54, 1.807) is 6.07 Å². The third-order valence-electron chi connectivity index (χ3n) is 4.24. The molecule has 0 saturated carbocycles. The maximum atomic E-state index is 11.4. The van der Waals surface area contributed by atoms with Crippen LogP contribution in [0.3, 0.4) is 0 Å². The fraction of sp³-hybridized carbons (Fsp3) is 0.500. The second-order valence-electron chi connectivity index (χ2n) is 5.67. The van der Waals surface area contributed by atoms with Gasteiger partial charge in [0, 0.05) is 24.3 Å². The topological polar surface area (TPSA) is 87.5 Å². The maximum absolute atomic E-state index is 11.4. The Morgan fingerprint density at radius 2 is 2.33 bits per heavy atom. The van der Waals surface area contributed by atoms with Gasteiger partial charge in [0.05, 0.1) is 11.3 Å². The summed E-state index contributed by atoms with van der Waals surface area (Å²) in [6.45, 7) is 1.73. The number of carbonyl (C=O) groups is 1. The minimum absolute atomic E-state index is 0.0332. The fourth-order valence-electron chi connectivity index (χ4n) is 3.02. The lowest BCUT2D eigenvalue weighted by Gasteiger charge is -2.20. The summed E-state index contributed by atoms with van der Waals surface area (Å²) < 4.78 is 0. The number of likely N-dealkylation sites (N-methyl/N-ethyl adjacent to an activating group) is 1. The minimum Gasteiger partial charge on any atom is -0.378 e. The number of carbonyl (C=O) groups excluding carboxylic acids is 1. The highest BCUT2D eigenvalue weighted by Crippen LogP contribution is 2.34. The van der Waals surface area contributed by atoms with Crippen LogP contribution >= 0.6 is 0 Å². The first kappa shape index (κ1) is 13.8. The molecule has 1 atom stereocenters. The molecule has 1 fully saturated rings. The number of nitrogens with one attached hydrogen (secondary N) is 2. The van der Waals surface area contributed by atoms with Gasteiger partial charge >= 0.3 is 0 Å². The maximum Gasteiger partial charge on any atom is 0.292 e. The lowest BCUT2D eigenvalue weighted by Crippen LogP contribution is -2.31. The number of rotatable bonds is 4. The molecular weight excluding hydrogens is 272 g/mol. The molecule has 112 valence electrons. The second-order valence-corrected chi connectivity index (χ2v) is 5.67. The van der Waals surface area contributed by atoms with Crippen LogP contribution in [0.25, 0.3) is 0 Å². The Morgan fingerprint density at radius 3 is 3.00 bits per heavy atom. The van der Waals surface area contributed by atoms with Gasteiger partial charge in [-0.25, -0.2) is 0 Å². The minimum atomic E-state index is -0.399. The monoisotopic (exact) mass is 290 g/mol. The fourth-order valence-corrected chi connectivity index (χ4v) is 3.02. The van der Waals surface area contributed by atoms with Gasteiger partial charge in [0.15, 0.2) is 0 Å². The van der Waals surface area contributed by atoms with Crippen LogP contribution in [0, 0.1) is 10.1 Å². The van der Waals surface area contributed by atoms with Crippen molar-refractivity contribution in [2.24, 2.45) is 0 Å². The molecule has 0 aromatic heterocycles. The Kier molecular flexibility index (Phi) is 3.50. The van der Waals surface area contributed by atoms with Crippen molar-refractivity contribution in [3.05, 3.63) is 27.8 Å². The van der Waals surface area contributed by atoms with E-state index in [-0.39, 0.29) is 18.0 Å². The summed E-state index contributed by atoms with van der Waals surface area (Å²) in [5.74, 6) is -0.119. The first-order chi connectivity index (χ1) is 10.0. The molecular formula is C14H18N4O3. The van der Waals surface area contributed by atoms with Crippen molar-refractivity contribution >= 4 is 23.0 Å². The SMILES string of the molecule is CN1CCCC1CNc1cc2c(cc1[N+](=O)[O-])CC(=O)N2. The molecule has 1 unspecified atom stereocenters. The second kappa shape index (κ2) is 5.33. The summed E-state index contributed by atoms with van der Waals surface area (Å²) >= 11 is 0. The molecule has 1 aromatic rings. The molecule has 1 aromatic carbocycles. The van der Waals surface area contributed by atoms with E-state index in [0.29, 0.717) is 29.5 Å². The molecule has 2 heterocycles. The van der Waals surface area contributed by atoms with Crippen LogP contribution in [0.2, 0.25) is 0 Å². The normalized spacial score (nSPS) is 21.2. The smallest absolute Gasteiger partial charge is 0.292 e. The van der Waals surface area contributed by atoms with Gasteiger partial charge in [0.25, 0.3) is 5.69 Å². The average molecular weight is 290 g/mol.